The van der Waals surface area contributed by atoms with Crippen molar-refractivity contribution in [3.63, 3.8) is 0 Å². The van der Waals surface area contributed by atoms with E-state index in [0.717, 1.165) is 26.2 Å². The van der Waals surface area contributed by atoms with E-state index in [9.17, 15) is 0 Å². The van der Waals surface area contributed by atoms with Gasteiger partial charge in [0.15, 0.2) is 0 Å². The van der Waals surface area contributed by atoms with Gasteiger partial charge in [0.1, 0.15) is 0 Å². The van der Waals surface area contributed by atoms with Crippen molar-refractivity contribution in [3.05, 3.63) is 30.5 Å². The molecule has 4 heteroatoms. The fourth-order valence-corrected chi connectivity index (χ4v) is 2.57. The summed E-state index contributed by atoms with van der Waals surface area (Å²) in [5, 5.41) is 1.33. The summed E-state index contributed by atoms with van der Waals surface area (Å²) >= 11 is 0. The smallest absolute Gasteiger partial charge is 0.205 e. The Hall–Kier alpha value is -1.42. The van der Waals surface area contributed by atoms with E-state index in [0.29, 0.717) is 0 Å². The summed E-state index contributed by atoms with van der Waals surface area (Å²) < 4.78 is 0. The number of nitrogens with one attached hydrogen (secondary N) is 1. The Kier molecular flexibility index (Phi) is 2.81. The molecule has 87 valence electrons. The lowest BCUT2D eigenvalue weighted by Gasteiger charge is -2.36. The number of fused-ring (bicyclic) bond motifs is 1. The molecule has 1 aromatic heterocycles. The molecule has 0 atom stereocenters. The van der Waals surface area contributed by atoms with Crippen LogP contribution in [0.2, 0.25) is 6.82 Å². The van der Waals surface area contributed by atoms with Gasteiger partial charge in [0.2, 0.25) is 7.41 Å². The third-order valence-corrected chi connectivity index (χ3v) is 3.59. The van der Waals surface area contributed by atoms with Crippen LogP contribution in [0.4, 0.5) is 5.69 Å². The number of hydrogen-bond donors (Lipinski definition) is 1. The molecule has 2 heterocycles. The second-order valence-electron chi connectivity index (χ2n) is 4.50. The van der Waals surface area contributed by atoms with Gasteiger partial charge in [-0.3, -0.25) is 0 Å². The van der Waals surface area contributed by atoms with Crippen LogP contribution in [0.5, 0.6) is 0 Å². The fourth-order valence-electron chi connectivity index (χ4n) is 2.57. The van der Waals surface area contributed by atoms with E-state index >= 15 is 0 Å². The number of rotatable bonds is 2. The van der Waals surface area contributed by atoms with Gasteiger partial charge in [-0.1, -0.05) is 12.9 Å². The summed E-state index contributed by atoms with van der Waals surface area (Å²) in [6.45, 7) is 6.57. The summed E-state index contributed by atoms with van der Waals surface area (Å²) in [6.07, 6.45) is 2.02. The zero-order valence-corrected chi connectivity index (χ0v) is 10.2. The van der Waals surface area contributed by atoms with Crippen molar-refractivity contribution < 1.29 is 0 Å². The van der Waals surface area contributed by atoms with Crippen molar-refractivity contribution >= 4 is 24.0 Å². The first-order valence-electron chi connectivity index (χ1n) is 6.23. The van der Waals surface area contributed by atoms with E-state index in [1.807, 2.05) is 6.20 Å². The minimum absolute atomic E-state index is 1.11. The molecule has 0 saturated carbocycles. The summed E-state index contributed by atoms with van der Waals surface area (Å²) in [6, 6.07) is 8.66. The largest absolute Gasteiger partial charge is 0.369 e. The number of benzene rings is 1. The molecule has 1 aliphatic rings. The van der Waals surface area contributed by atoms with Crippen LogP contribution in [0.15, 0.2) is 30.5 Å². The lowest BCUT2D eigenvalue weighted by atomic mass is 9.94. The molecule has 1 aromatic carbocycles. The standard InChI is InChI=1S/C13H17BN3/c1-14-17-9-7-16(8-10-17)13-4-2-3-12-11(13)5-6-15-12/h2-6,15H,7-10H2,1H3. The molecule has 1 radical (unpaired) electrons. The molecule has 17 heavy (non-hydrogen) atoms. The molecule has 1 saturated heterocycles. The van der Waals surface area contributed by atoms with Crippen LogP contribution in [-0.2, 0) is 0 Å². The first-order chi connectivity index (χ1) is 8.38. The van der Waals surface area contributed by atoms with Gasteiger partial charge in [-0.2, -0.15) is 0 Å². The highest BCUT2D eigenvalue weighted by Gasteiger charge is 2.17. The predicted molar refractivity (Wildman–Crippen MR) is 73.7 cm³/mol. The Labute approximate surface area is 103 Å². The van der Waals surface area contributed by atoms with Crippen LogP contribution in [-0.4, -0.2) is 43.4 Å². The second-order valence-corrected chi connectivity index (χ2v) is 4.50. The Morgan fingerprint density at radius 3 is 2.71 bits per heavy atom. The van der Waals surface area contributed by atoms with E-state index in [2.05, 4.69) is 53.2 Å². The number of aromatic amines is 1. The second kappa shape index (κ2) is 4.45. The van der Waals surface area contributed by atoms with Crippen molar-refractivity contribution in [2.45, 2.75) is 6.82 Å². The highest BCUT2D eigenvalue weighted by atomic mass is 15.2. The Morgan fingerprint density at radius 1 is 1.12 bits per heavy atom. The first-order valence-corrected chi connectivity index (χ1v) is 6.23. The number of piperazine rings is 1. The molecule has 3 rings (SSSR count). The summed E-state index contributed by atoms with van der Waals surface area (Å²) in [5.74, 6) is 0. The van der Waals surface area contributed by atoms with Gasteiger partial charge in [0.05, 0.1) is 0 Å². The van der Waals surface area contributed by atoms with Crippen molar-refractivity contribution in [3.8, 4) is 0 Å². The third kappa shape index (κ3) is 1.93. The van der Waals surface area contributed by atoms with Crippen molar-refractivity contribution in [1.29, 1.82) is 0 Å². The zero-order chi connectivity index (χ0) is 11.7. The van der Waals surface area contributed by atoms with Crippen LogP contribution in [0, 0.1) is 0 Å². The molecule has 0 amide bonds. The fraction of sp³-hybridized carbons (Fsp3) is 0.385. The highest BCUT2D eigenvalue weighted by Crippen LogP contribution is 2.26. The number of H-pyrrole nitrogens is 1. The molecule has 1 fully saturated rings. The molecule has 0 unspecified atom stereocenters. The molecule has 1 aliphatic heterocycles. The van der Waals surface area contributed by atoms with Gasteiger partial charge in [-0.05, 0) is 18.2 Å². The van der Waals surface area contributed by atoms with Crippen LogP contribution in [0.25, 0.3) is 10.9 Å². The van der Waals surface area contributed by atoms with Gasteiger partial charge in [0, 0.05) is 49.0 Å². The number of anilines is 1. The maximum absolute atomic E-state index is 3.28. The minimum atomic E-state index is 1.11. The number of nitrogens with zero attached hydrogens (tertiary/aromatic N) is 2. The van der Waals surface area contributed by atoms with Crippen molar-refractivity contribution in [1.82, 2.24) is 9.79 Å². The average molecular weight is 226 g/mol. The Morgan fingerprint density at radius 2 is 1.94 bits per heavy atom. The topological polar surface area (TPSA) is 22.3 Å². The van der Waals surface area contributed by atoms with Crippen LogP contribution < -0.4 is 4.90 Å². The highest BCUT2D eigenvalue weighted by molar-refractivity contribution is 6.29. The Bertz CT molecular complexity index is 500. The van der Waals surface area contributed by atoms with Crippen molar-refractivity contribution in [2.24, 2.45) is 0 Å². The first kappa shape index (κ1) is 10.7. The quantitative estimate of drug-likeness (QED) is 0.790. The summed E-state index contributed by atoms with van der Waals surface area (Å²) in [4.78, 5) is 8.14. The van der Waals surface area contributed by atoms with Crippen LogP contribution >= 0.6 is 0 Å². The third-order valence-electron chi connectivity index (χ3n) is 3.59. The molecule has 1 N–H and O–H groups in total. The molecule has 0 bridgehead atoms. The van der Waals surface area contributed by atoms with Gasteiger partial charge in [0.25, 0.3) is 0 Å². The number of aromatic nitrogens is 1. The van der Waals surface area contributed by atoms with Gasteiger partial charge >= 0.3 is 0 Å². The average Bonchev–Trinajstić information content (AvgIpc) is 2.87. The SMILES string of the molecule is C[B]N1CCN(c2cccc3[nH]ccc23)CC1. The summed E-state index contributed by atoms with van der Waals surface area (Å²) in [7, 11) is 2.19. The molecular weight excluding hydrogens is 209 g/mol. The van der Waals surface area contributed by atoms with E-state index in [1.165, 1.54) is 16.6 Å². The van der Waals surface area contributed by atoms with Crippen molar-refractivity contribution in [2.75, 3.05) is 31.1 Å². The van der Waals surface area contributed by atoms with E-state index in [1.54, 1.807) is 0 Å². The van der Waals surface area contributed by atoms with Crippen LogP contribution in [0.3, 0.4) is 0 Å². The lowest BCUT2D eigenvalue weighted by molar-refractivity contribution is 0.408. The molecular formula is C13H17BN3. The zero-order valence-electron chi connectivity index (χ0n) is 10.2. The maximum atomic E-state index is 3.28. The minimum Gasteiger partial charge on any atom is -0.369 e. The molecule has 0 aliphatic carbocycles. The van der Waals surface area contributed by atoms with E-state index in [4.69, 9.17) is 0 Å². The van der Waals surface area contributed by atoms with Gasteiger partial charge in [-0.15, -0.1) is 0 Å². The Balaban J connectivity index is 1.87. The summed E-state index contributed by atoms with van der Waals surface area (Å²) in [5.41, 5.74) is 2.59. The molecule has 0 spiro atoms. The predicted octanol–water partition coefficient (Wildman–Crippen LogP) is 1.96. The molecule has 2 aromatic rings. The van der Waals surface area contributed by atoms with Crippen LogP contribution in [0.1, 0.15) is 0 Å². The lowest BCUT2D eigenvalue weighted by Crippen LogP contribution is -2.47. The van der Waals surface area contributed by atoms with E-state index in [-0.39, 0.29) is 0 Å². The maximum Gasteiger partial charge on any atom is 0.205 e. The molecule has 3 nitrogen and oxygen atoms in total. The normalized spacial score (nSPS) is 17.6. The van der Waals surface area contributed by atoms with Gasteiger partial charge in [-0.25, -0.2) is 0 Å². The monoisotopic (exact) mass is 226 g/mol. The van der Waals surface area contributed by atoms with E-state index < -0.39 is 0 Å². The van der Waals surface area contributed by atoms with Gasteiger partial charge < -0.3 is 14.7 Å². The number of hydrogen-bond acceptors (Lipinski definition) is 2.